The van der Waals surface area contributed by atoms with E-state index in [-0.39, 0.29) is 10.7 Å². The van der Waals surface area contributed by atoms with Gasteiger partial charge in [0.1, 0.15) is 0 Å². The predicted molar refractivity (Wildman–Crippen MR) is 76.5 cm³/mol. The van der Waals surface area contributed by atoms with E-state index >= 15 is 0 Å². The summed E-state index contributed by atoms with van der Waals surface area (Å²) in [6.45, 7) is 3.66. The second-order valence-corrected chi connectivity index (χ2v) is 6.66. The summed E-state index contributed by atoms with van der Waals surface area (Å²) < 4.78 is 0.281. The van der Waals surface area contributed by atoms with E-state index < -0.39 is 0 Å². The van der Waals surface area contributed by atoms with Gasteiger partial charge in [0.2, 0.25) is 10.1 Å². The van der Waals surface area contributed by atoms with Gasteiger partial charge in [-0.3, -0.25) is 4.79 Å². The van der Waals surface area contributed by atoms with Gasteiger partial charge >= 0.3 is 0 Å². The smallest absolute Gasteiger partial charge is 0.282 e. The summed E-state index contributed by atoms with van der Waals surface area (Å²) in [5.74, 6) is -0.114. The number of thioether (sulfide) groups is 1. The molecule has 0 atom stereocenters. The summed E-state index contributed by atoms with van der Waals surface area (Å²) in [6.07, 6.45) is 5.50. The summed E-state index contributed by atoms with van der Waals surface area (Å²) in [5, 5.41) is 15.1. The molecule has 0 bridgehead atoms. The largest absolute Gasteiger partial charge is 0.360 e. The van der Waals surface area contributed by atoms with Crippen molar-refractivity contribution in [2.45, 2.75) is 30.9 Å². The van der Waals surface area contributed by atoms with Crippen molar-refractivity contribution in [3.8, 4) is 0 Å². The Hall–Kier alpha value is -0.820. The maximum Gasteiger partial charge on any atom is 0.282 e. The molecule has 0 aliphatic heterocycles. The Morgan fingerprint density at radius 3 is 2.89 bits per heavy atom. The highest BCUT2D eigenvalue weighted by atomic mass is 32.2. The number of nitrogens with one attached hydrogen (secondary N) is 2. The van der Waals surface area contributed by atoms with Crippen LogP contribution in [0.5, 0.6) is 0 Å². The van der Waals surface area contributed by atoms with Gasteiger partial charge in [-0.2, -0.15) is 11.8 Å². The first-order chi connectivity index (χ1) is 8.69. The van der Waals surface area contributed by atoms with Crippen LogP contribution in [0.15, 0.2) is 0 Å². The number of nitrogens with zero attached hydrogens (tertiary/aromatic N) is 2. The fraction of sp³-hybridized carbons (Fsp3) is 0.727. The summed E-state index contributed by atoms with van der Waals surface area (Å²) in [7, 11) is 0. The van der Waals surface area contributed by atoms with Gasteiger partial charge in [-0.05, 0) is 25.5 Å². The molecule has 1 aliphatic rings. The zero-order chi connectivity index (χ0) is 13.0. The summed E-state index contributed by atoms with van der Waals surface area (Å²) >= 11 is 3.14. The molecular weight excluding hydrogens is 268 g/mol. The molecule has 5 nitrogen and oxygen atoms in total. The Balaban J connectivity index is 1.83. The highest BCUT2D eigenvalue weighted by Gasteiger charge is 2.42. The average molecular weight is 286 g/mol. The Bertz CT molecular complexity index is 417. The average Bonchev–Trinajstić information content (AvgIpc) is 3.03. The topological polar surface area (TPSA) is 66.9 Å². The van der Waals surface area contributed by atoms with Crippen LogP contribution in [0.4, 0.5) is 5.13 Å². The van der Waals surface area contributed by atoms with E-state index in [1.54, 1.807) is 0 Å². The van der Waals surface area contributed by atoms with Crippen LogP contribution in [0.1, 0.15) is 36.0 Å². The molecule has 0 spiro atoms. The van der Waals surface area contributed by atoms with Crippen molar-refractivity contribution in [2.24, 2.45) is 0 Å². The van der Waals surface area contributed by atoms with Crippen molar-refractivity contribution in [3.05, 3.63) is 5.01 Å². The van der Waals surface area contributed by atoms with Crippen LogP contribution in [-0.4, -0.2) is 40.2 Å². The molecular formula is C11H18N4OS2. The molecule has 0 radical (unpaired) electrons. The van der Waals surface area contributed by atoms with E-state index in [0.717, 1.165) is 19.5 Å². The molecule has 2 N–H and O–H groups in total. The van der Waals surface area contributed by atoms with Crippen LogP contribution >= 0.6 is 23.1 Å². The lowest BCUT2D eigenvalue weighted by atomic mass is 10.4. The number of anilines is 1. The van der Waals surface area contributed by atoms with Gasteiger partial charge in [0.25, 0.3) is 5.91 Å². The molecule has 1 amide bonds. The highest BCUT2D eigenvalue weighted by Crippen LogP contribution is 2.46. The van der Waals surface area contributed by atoms with Crippen molar-refractivity contribution >= 4 is 34.1 Å². The molecule has 2 rings (SSSR count). The SMILES string of the molecule is CCCNc1nnc(C(=O)NCC2(SC)CC2)s1. The zero-order valence-electron chi connectivity index (χ0n) is 10.7. The van der Waals surface area contributed by atoms with Gasteiger partial charge in [0.15, 0.2) is 0 Å². The zero-order valence-corrected chi connectivity index (χ0v) is 12.3. The third-order valence-electron chi connectivity index (χ3n) is 2.96. The maximum atomic E-state index is 11.9. The van der Waals surface area contributed by atoms with Crippen LogP contribution in [-0.2, 0) is 0 Å². The molecule has 0 saturated heterocycles. The molecule has 18 heavy (non-hydrogen) atoms. The number of hydrogen-bond donors (Lipinski definition) is 2. The lowest BCUT2D eigenvalue weighted by Crippen LogP contribution is -2.31. The Labute approximate surface area is 115 Å². The second kappa shape index (κ2) is 5.88. The van der Waals surface area contributed by atoms with Crippen LogP contribution in [0.2, 0.25) is 0 Å². The van der Waals surface area contributed by atoms with Gasteiger partial charge in [-0.25, -0.2) is 0 Å². The van der Waals surface area contributed by atoms with Gasteiger partial charge in [0, 0.05) is 17.8 Å². The predicted octanol–water partition coefficient (Wildman–Crippen LogP) is 1.99. The van der Waals surface area contributed by atoms with Gasteiger partial charge in [0.05, 0.1) is 0 Å². The van der Waals surface area contributed by atoms with Gasteiger partial charge in [-0.1, -0.05) is 18.3 Å². The Morgan fingerprint density at radius 2 is 2.28 bits per heavy atom. The Morgan fingerprint density at radius 1 is 1.50 bits per heavy atom. The first kappa shape index (κ1) is 13.6. The number of carbonyl (C=O) groups is 1. The minimum atomic E-state index is -0.114. The van der Waals surface area contributed by atoms with E-state index in [1.165, 1.54) is 24.2 Å². The molecule has 0 unspecified atom stereocenters. The van der Waals surface area contributed by atoms with Crippen molar-refractivity contribution in [1.29, 1.82) is 0 Å². The van der Waals surface area contributed by atoms with Crippen LogP contribution in [0.3, 0.4) is 0 Å². The number of amides is 1. The Kier molecular flexibility index (Phi) is 4.45. The van der Waals surface area contributed by atoms with E-state index in [9.17, 15) is 4.79 Å². The number of rotatable bonds is 7. The lowest BCUT2D eigenvalue weighted by molar-refractivity contribution is 0.0952. The van der Waals surface area contributed by atoms with E-state index in [2.05, 4.69) is 34.0 Å². The first-order valence-electron chi connectivity index (χ1n) is 6.10. The minimum absolute atomic E-state index is 0.114. The van der Waals surface area contributed by atoms with E-state index in [1.807, 2.05) is 11.8 Å². The van der Waals surface area contributed by atoms with E-state index in [0.29, 0.717) is 10.1 Å². The quantitative estimate of drug-likeness (QED) is 0.802. The monoisotopic (exact) mass is 286 g/mol. The number of hydrogen-bond acceptors (Lipinski definition) is 6. The minimum Gasteiger partial charge on any atom is -0.360 e. The first-order valence-corrected chi connectivity index (χ1v) is 8.14. The molecule has 1 heterocycles. The molecule has 100 valence electrons. The van der Waals surface area contributed by atoms with Crippen molar-refractivity contribution in [3.63, 3.8) is 0 Å². The van der Waals surface area contributed by atoms with Crippen molar-refractivity contribution in [2.75, 3.05) is 24.7 Å². The van der Waals surface area contributed by atoms with Crippen LogP contribution in [0, 0.1) is 0 Å². The number of aromatic nitrogens is 2. The molecule has 1 saturated carbocycles. The fourth-order valence-electron chi connectivity index (χ4n) is 1.53. The molecule has 0 aromatic carbocycles. The molecule has 1 fully saturated rings. The summed E-state index contributed by atoms with van der Waals surface area (Å²) in [6, 6.07) is 0. The normalized spacial score (nSPS) is 16.3. The lowest BCUT2D eigenvalue weighted by Gasteiger charge is -2.11. The maximum absolute atomic E-state index is 11.9. The summed E-state index contributed by atoms with van der Waals surface area (Å²) in [4.78, 5) is 11.9. The van der Waals surface area contributed by atoms with Crippen molar-refractivity contribution in [1.82, 2.24) is 15.5 Å². The third kappa shape index (κ3) is 3.35. The summed E-state index contributed by atoms with van der Waals surface area (Å²) in [5.41, 5.74) is 0. The highest BCUT2D eigenvalue weighted by molar-refractivity contribution is 8.00. The fourth-order valence-corrected chi connectivity index (χ4v) is 2.94. The number of carbonyl (C=O) groups excluding carboxylic acids is 1. The standard InChI is InChI=1S/C11H18N4OS2/c1-3-6-12-10-15-14-9(18-10)8(16)13-7-11(17-2)4-5-11/h3-7H2,1-2H3,(H,12,15)(H,13,16). The van der Waals surface area contributed by atoms with Gasteiger partial charge in [-0.15, -0.1) is 10.2 Å². The van der Waals surface area contributed by atoms with Gasteiger partial charge < -0.3 is 10.6 Å². The van der Waals surface area contributed by atoms with Crippen molar-refractivity contribution < 1.29 is 4.79 Å². The molecule has 7 heteroatoms. The van der Waals surface area contributed by atoms with Crippen LogP contribution in [0.25, 0.3) is 0 Å². The van der Waals surface area contributed by atoms with Crippen LogP contribution < -0.4 is 10.6 Å². The second-order valence-electron chi connectivity index (χ2n) is 4.41. The molecule has 1 aliphatic carbocycles. The van der Waals surface area contributed by atoms with E-state index in [4.69, 9.17) is 0 Å². The molecule has 1 aromatic heterocycles. The third-order valence-corrected chi connectivity index (χ3v) is 5.26. The molecule has 1 aromatic rings.